The zero-order valence-electron chi connectivity index (χ0n) is 9.70. The number of halogens is 1. The Balaban J connectivity index is 1.97. The third kappa shape index (κ3) is 3.19. The van der Waals surface area contributed by atoms with Crippen LogP contribution in [0.15, 0.2) is 26.3 Å². The van der Waals surface area contributed by atoms with E-state index in [9.17, 15) is 4.79 Å². The summed E-state index contributed by atoms with van der Waals surface area (Å²) in [7, 11) is 0. The van der Waals surface area contributed by atoms with Crippen molar-refractivity contribution in [2.24, 2.45) is 11.0 Å². The van der Waals surface area contributed by atoms with Crippen LogP contribution >= 0.6 is 15.9 Å². The van der Waals surface area contributed by atoms with E-state index in [2.05, 4.69) is 33.4 Å². The van der Waals surface area contributed by atoms with E-state index in [4.69, 9.17) is 4.42 Å². The Morgan fingerprint density at radius 2 is 2.35 bits per heavy atom. The lowest BCUT2D eigenvalue weighted by atomic mass is 9.89. The molecule has 0 spiro atoms. The fourth-order valence-corrected chi connectivity index (χ4v) is 2.26. The van der Waals surface area contributed by atoms with Gasteiger partial charge in [0.1, 0.15) is 0 Å². The van der Waals surface area contributed by atoms with Gasteiger partial charge in [-0.25, -0.2) is 5.43 Å². The molecule has 1 N–H and O–H groups in total. The molecule has 1 aliphatic rings. The van der Waals surface area contributed by atoms with E-state index < -0.39 is 0 Å². The zero-order chi connectivity index (χ0) is 12.3. The van der Waals surface area contributed by atoms with Crippen LogP contribution in [0.25, 0.3) is 0 Å². The van der Waals surface area contributed by atoms with Crippen LogP contribution in [0, 0.1) is 5.92 Å². The molecular formula is C12H15BrN2O2. The van der Waals surface area contributed by atoms with Crippen LogP contribution in [0.2, 0.25) is 0 Å². The minimum absolute atomic E-state index is 0.268. The Hall–Kier alpha value is -1.10. The number of hydrogen-bond donors (Lipinski definition) is 1. The molecule has 1 unspecified atom stereocenters. The van der Waals surface area contributed by atoms with E-state index >= 15 is 0 Å². The summed E-state index contributed by atoms with van der Waals surface area (Å²) >= 11 is 3.16. The molecular weight excluding hydrogens is 284 g/mol. The molecule has 17 heavy (non-hydrogen) atoms. The Morgan fingerprint density at radius 3 is 3.00 bits per heavy atom. The molecule has 92 valence electrons. The molecule has 0 aromatic carbocycles. The smallest absolute Gasteiger partial charge is 0.307 e. The number of furan rings is 1. The number of nitrogens with zero attached hydrogens (tertiary/aromatic N) is 1. The molecule has 1 saturated carbocycles. The van der Waals surface area contributed by atoms with Crippen molar-refractivity contribution < 1.29 is 9.21 Å². The first-order chi connectivity index (χ1) is 8.16. The average Bonchev–Trinajstić information content (AvgIpc) is 2.74. The number of carbonyl (C=O) groups is 1. The maximum Gasteiger partial charge on any atom is 0.307 e. The minimum Gasteiger partial charge on any atom is -0.444 e. The maximum absolute atomic E-state index is 11.7. The first kappa shape index (κ1) is 12.4. The van der Waals surface area contributed by atoms with E-state index in [-0.39, 0.29) is 11.7 Å². The summed E-state index contributed by atoms with van der Waals surface area (Å²) in [6, 6.07) is 3.30. The van der Waals surface area contributed by atoms with E-state index in [1.165, 1.54) is 6.42 Å². The Kier molecular flexibility index (Phi) is 3.99. The van der Waals surface area contributed by atoms with Gasteiger partial charge in [-0.05, 0) is 53.2 Å². The molecule has 5 heteroatoms. The Bertz CT molecular complexity index is 439. The van der Waals surface area contributed by atoms with Crippen molar-refractivity contribution in [2.45, 2.75) is 32.6 Å². The first-order valence-corrected chi connectivity index (χ1v) is 6.58. The predicted octanol–water partition coefficient (Wildman–Crippen LogP) is 3.34. The summed E-state index contributed by atoms with van der Waals surface area (Å²) in [6.07, 6.45) is 4.54. The molecule has 0 radical (unpaired) electrons. The van der Waals surface area contributed by atoms with Crippen molar-refractivity contribution >= 4 is 27.5 Å². The van der Waals surface area contributed by atoms with Crippen LogP contribution in [-0.4, -0.2) is 11.6 Å². The highest BCUT2D eigenvalue weighted by Gasteiger charge is 2.17. The van der Waals surface area contributed by atoms with Crippen LogP contribution < -0.4 is 5.43 Å². The van der Waals surface area contributed by atoms with Gasteiger partial charge in [0.2, 0.25) is 0 Å². The van der Waals surface area contributed by atoms with Crippen molar-refractivity contribution in [3.8, 4) is 0 Å². The number of amides is 1. The molecule has 1 fully saturated rings. The van der Waals surface area contributed by atoms with E-state index in [0.29, 0.717) is 10.6 Å². The summed E-state index contributed by atoms with van der Waals surface area (Å²) in [5.74, 6) is 0.429. The lowest BCUT2D eigenvalue weighted by molar-refractivity contribution is 0.0925. The van der Waals surface area contributed by atoms with Gasteiger partial charge in [-0.1, -0.05) is 13.3 Å². The molecule has 0 bridgehead atoms. The second-order valence-corrected chi connectivity index (χ2v) is 5.08. The van der Waals surface area contributed by atoms with Crippen molar-refractivity contribution in [2.75, 3.05) is 0 Å². The average molecular weight is 299 g/mol. The SMILES string of the molecule is CC1CCCC/C1=N\NC(=O)c1ccc(Br)o1. The summed E-state index contributed by atoms with van der Waals surface area (Å²) in [5, 5.41) is 4.19. The largest absolute Gasteiger partial charge is 0.444 e. The molecule has 0 aliphatic heterocycles. The van der Waals surface area contributed by atoms with Gasteiger partial charge in [-0.3, -0.25) is 4.79 Å². The predicted molar refractivity (Wildman–Crippen MR) is 68.9 cm³/mol. The fourth-order valence-electron chi connectivity index (χ4n) is 1.95. The summed E-state index contributed by atoms with van der Waals surface area (Å²) < 4.78 is 5.69. The molecule has 0 saturated heterocycles. The molecule has 2 rings (SSSR count). The van der Waals surface area contributed by atoms with Gasteiger partial charge in [-0.15, -0.1) is 0 Å². The molecule has 1 atom stereocenters. The van der Waals surface area contributed by atoms with Crippen molar-refractivity contribution in [3.05, 3.63) is 22.6 Å². The van der Waals surface area contributed by atoms with Gasteiger partial charge in [0.15, 0.2) is 10.4 Å². The van der Waals surface area contributed by atoms with Crippen LogP contribution in [0.1, 0.15) is 43.2 Å². The Labute approximate surface area is 109 Å². The van der Waals surface area contributed by atoms with Gasteiger partial charge >= 0.3 is 5.91 Å². The second-order valence-electron chi connectivity index (χ2n) is 4.29. The summed E-state index contributed by atoms with van der Waals surface area (Å²) in [6.45, 7) is 2.15. The molecule has 1 aliphatic carbocycles. The van der Waals surface area contributed by atoms with Gasteiger partial charge in [-0.2, -0.15) is 5.10 Å². The number of rotatable bonds is 2. The highest BCUT2D eigenvalue weighted by molar-refractivity contribution is 9.10. The van der Waals surface area contributed by atoms with Crippen LogP contribution in [0.3, 0.4) is 0 Å². The third-order valence-corrected chi connectivity index (χ3v) is 3.41. The highest BCUT2D eigenvalue weighted by Crippen LogP contribution is 2.20. The van der Waals surface area contributed by atoms with E-state index in [1.54, 1.807) is 12.1 Å². The first-order valence-electron chi connectivity index (χ1n) is 5.79. The second kappa shape index (κ2) is 5.49. The number of hydrogen-bond acceptors (Lipinski definition) is 3. The highest BCUT2D eigenvalue weighted by atomic mass is 79.9. The monoisotopic (exact) mass is 298 g/mol. The molecule has 4 nitrogen and oxygen atoms in total. The van der Waals surface area contributed by atoms with Gasteiger partial charge < -0.3 is 4.42 Å². The normalized spacial score (nSPS) is 22.7. The summed E-state index contributed by atoms with van der Waals surface area (Å²) in [4.78, 5) is 11.7. The summed E-state index contributed by atoms with van der Waals surface area (Å²) in [5.41, 5.74) is 3.63. The number of hydrazone groups is 1. The van der Waals surface area contributed by atoms with Gasteiger partial charge in [0, 0.05) is 5.71 Å². The Morgan fingerprint density at radius 1 is 1.53 bits per heavy atom. The van der Waals surface area contributed by atoms with Crippen LogP contribution in [0.5, 0.6) is 0 Å². The lowest BCUT2D eigenvalue weighted by Gasteiger charge is -2.19. The van der Waals surface area contributed by atoms with Crippen molar-refractivity contribution in [1.29, 1.82) is 0 Å². The minimum atomic E-state index is -0.305. The number of nitrogens with one attached hydrogen (secondary N) is 1. The van der Waals surface area contributed by atoms with Crippen LogP contribution in [0.4, 0.5) is 0 Å². The van der Waals surface area contributed by atoms with Crippen LogP contribution in [-0.2, 0) is 0 Å². The van der Waals surface area contributed by atoms with Gasteiger partial charge in [0.25, 0.3) is 0 Å². The quantitative estimate of drug-likeness (QED) is 0.852. The maximum atomic E-state index is 11.7. The van der Waals surface area contributed by atoms with Crippen molar-refractivity contribution in [3.63, 3.8) is 0 Å². The lowest BCUT2D eigenvalue weighted by Crippen LogP contribution is -2.24. The topological polar surface area (TPSA) is 54.6 Å². The molecule has 1 aromatic rings. The van der Waals surface area contributed by atoms with E-state index in [1.807, 2.05) is 0 Å². The standard InChI is InChI=1S/C12H15BrN2O2/c1-8-4-2-3-5-9(8)14-15-12(16)10-6-7-11(13)17-10/h6-8H,2-5H2,1H3,(H,15,16)/b14-9+. The van der Waals surface area contributed by atoms with Gasteiger partial charge in [0.05, 0.1) is 0 Å². The van der Waals surface area contributed by atoms with E-state index in [0.717, 1.165) is 25.0 Å². The fraction of sp³-hybridized carbons (Fsp3) is 0.500. The zero-order valence-corrected chi connectivity index (χ0v) is 11.3. The van der Waals surface area contributed by atoms with Crippen molar-refractivity contribution in [1.82, 2.24) is 5.43 Å². The molecule has 1 amide bonds. The molecule has 1 heterocycles. The third-order valence-electron chi connectivity index (χ3n) is 2.99. The molecule has 1 aromatic heterocycles. The number of carbonyl (C=O) groups excluding carboxylic acids is 1.